The van der Waals surface area contributed by atoms with Crippen molar-refractivity contribution in [3.05, 3.63) is 30.1 Å². The summed E-state index contributed by atoms with van der Waals surface area (Å²) in [7, 11) is 0. The standard InChI is InChI=1S/C19H23FN8O10P2S2/c20-10-14-8(36-19(10)28-5-25-11-16(21)23-4-24-18(11)28)2-33-40(32,42)38-15-9(3-34-39(31,41)37-14)35-13(12(15)29)6-1-7(17(22)30)27-26-6/h1,4-5,8-10,12-15,19,29H,2-3H2,(H2,22,30)(H,26,27)(H,31,41)(H,32,42)(H2,21,23,24)/t8-,9-,10-,12+,13+,14-,15-,19-,39?,40?/m1/s1. The quantitative estimate of drug-likeness (QED) is 0.159. The van der Waals surface area contributed by atoms with E-state index in [4.69, 9.17) is 50.8 Å². The van der Waals surface area contributed by atoms with Crippen molar-refractivity contribution in [2.24, 2.45) is 5.73 Å². The lowest BCUT2D eigenvalue weighted by atomic mass is 10.1. The number of H-pyrrole nitrogens is 1. The van der Waals surface area contributed by atoms with Crippen LogP contribution in [0.5, 0.6) is 0 Å². The molecule has 18 nitrogen and oxygen atoms in total. The van der Waals surface area contributed by atoms with Crippen LogP contribution in [0.2, 0.25) is 0 Å². The zero-order valence-corrected chi connectivity index (χ0v) is 24.4. The van der Waals surface area contributed by atoms with Gasteiger partial charge in [0.1, 0.15) is 54.2 Å². The predicted octanol–water partition coefficient (Wildman–Crippen LogP) is 0.0389. The van der Waals surface area contributed by atoms with Gasteiger partial charge in [-0.1, -0.05) is 12.2 Å². The molecule has 10 atom stereocenters. The molecule has 0 bridgehead atoms. The van der Waals surface area contributed by atoms with Crippen molar-refractivity contribution < 1.29 is 51.3 Å². The zero-order valence-electron chi connectivity index (χ0n) is 20.9. The number of aliphatic hydroxyl groups is 1. The molecule has 0 spiro atoms. The molecule has 0 radical (unpaired) electrons. The number of imidazole rings is 1. The number of nitrogens with two attached hydrogens (primary N) is 2. The summed E-state index contributed by atoms with van der Waals surface area (Å²) in [4.78, 5) is 34.3. The smallest absolute Gasteiger partial charge is 0.386 e. The number of carbonyl (C=O) groups is 1. The van der Waals surface area contributed by atoms with Gasteiger partial charge < -0.3 is 35.5 Å². The molecule has 0 aliphatic carbocycles. The molecule has 2 unspecified atom stereocenters. The van der Waals surface area contributed by atoms with E-state index >= 15 is 4.39 Å². The third-order valence-electron chi connectivity index (χ3n) is 6.73. The maximum atomic E-state index is 15.9. The van der Waals surface area contributed by atoms with Gasteiger partial charge in [-0.05, 0) is 17.9 Å². The van der Waals surface area contributed by atoms with E-state index in [0.717, 1.165) is 0 Å². The molecule has 3 aliphatic heterocycles. The van der Waals surface area contributed by atoms with E-state index in [0.29, 0.717) is 0 Å². The number of aromatic nitrogens is 6. The van der Waals surface area contributed by atoms with Crippen LogP contribution in [0.4, 0.5) is 10.2 Å². The van der Waals surface area contributed by atoms with Crippen molar-refractivity contribution in [3.63, 3.8) is 0 Å². The van der Waals surface area contributed by atoms with Gasteiger partial charge in [-0.2, -0.15) is 5.10 Å². The SMILES string of the molecule is NC(=O)c1cc([C@@H]2O[C@@H]3COP(O)(=S)O[C@H]4[C@@H](F)[C@H](n5cnc6c(N)ncnc65)O[C@@H]4COP(=O)(S)O[C@H]3[C@H]2O)[nH]n1. The number of aliphatic hydroxyl groups excluding tert-OH is 1. The first-order valence-electron chi connectivity index (χ1n) is 12.1. The minimum Gasteiger partial charge on any atom is -0.387 e. The first kappa shape index (κ1) is 29.9. The largest absolute Gasteiger partial charge is 0.387 e. The fraction of sp³-hybridized carbons (Fsp3) is 0.526. The number of primary amides is 1. The number of nitrogens with one attached hydrogen (secondary N) is 1. The van der Waals surface area contributed by atoms with Gasteiger partial charge >= 0.3 is 13.5 Å². The van der Waals surface area contributed by atoms with Gasteiger partial charge in [-0.3, -0.25) is 28.0 Å². The number of nitrogens with zero attached hydrogens (tertiary/aromatic N) is 5. The molecule has 0 aromatic carbocycles. The van der Waals surface area contributed by atoms with Gasteiger partial charge in [-0.25, -0.2) is 23.9 Å². The molecule has 6 heterocycles. The van der Waals surface area contributed by atoms with Crippen molar-refractivity contribution in [2.45, 2.75) is 49.0 Å². The summed E-state index contributed by atoms with van der Waals surface area (Å²) in [6, 6.07) is 1.25. The lowest BCUT2D eigenvalue weighted by molar-refractivity contribution is -0.0512. The van der Waals surface area contributed by atoms with E-state index in [1.54, 1.807) is 0 Å². The second kappa shape index (κ2) is 11.1. The molecule has 6 rings (SSSR count). The molecule has 228 valence electrons. The van der Waals surface area contributed by atoms with Crippen LogP contribution in [-0.4, -0.2) is 95.5 Å². The van der Waals surface area contributed by atoms with Gasteiger partial charge in [0.05, 0.1) is 25.2 Å². The Labute approximate surface area is 245 Å². The number of fused-ring (bicyclic) bond motifs is 3. The second-order valence-electron chi connectivity index (χ2n) is 9.42. The number of rotatable bonds is 3. The van der Waals surface area contributed by atoms with Crippen molar-refractivity contribution >= 4 is 60.5 Å². The molecule has 0 saturated carbocycles. The van der Waals surface area contributed by atoms with Gasteiger partial charge in [0.25, 0.3) is 5.91 Å². The molecule has 3 fully saturated rings. The second-order valence-corrected chi connectivity index (χ2v) is 15.1. The molecular formula is C19H23FN8O10P2S2. The highest BCUT2D eigenvalue weighted by atomic mass is 32.7. The van der Waals surface area contributed by atoms with E-state index < -0.39 is 81.7 Å². The maximum Gasteiger partial charge on any atom is 0.386 e. The van der Waals surface area contributed by atoms with Crippen molar-refractivity contribution in [1.29, 1.82) is 0 Å². The van der Waals surface area contributed by atoms with Gasteiger partial charge in [-0.15, -0.1) is 0 Å². The average molecular weight is 669 g/mol. The number of alkyl halides is 1. The highest BCUT2D eigenvalue weighted by Crippen LogP contribution is 2.58. The Hall–Kier alpha value is -2.13. The summed E-state index contributed by atoms with van der Waals surface area (Å²) in [6.07, 6.45) is -9.23. The third kappa shape index (κ3) is 5.60. The molecule has 3 aromatic rings. The van der Waals surface area contributed by atoms with Crippen molar-refractivity contribution in [1.82, 2.24) is 29.7 Å². The highest BCUT2D eigenvalue weighted by molar-refractivity contribution is 8.44. The number of thiol groups is 1. The topological polar surface area (TPSA) is 254 Å². The molecule has 1 amide bonds. The van der Waals surface area contributed by atoms with Crippen LogP contribution in [0.1, 0.15) is 28.5 Å². The number of halogens is 1. The normalized spacial score (nSPS) is 39.3. The first-order chi connectivity index (χ1) is 19.8. The zero-order chi connectivity index (χ0) is 30.0. The predicted molar refractivity (Wildman–Crippen MR) is 144 cm³/mol. The first-order valence-corrected chi connectivity index (χ1v) is 17.3. The van der Waals surface area contributed by atoms with Crippen LogP contribution in [0, 0.1) is 0 Å². The number of aromatic amines is 1. The van der Waals surface area contributed by atoms with Gasteiger partial charge in [0.15, 0.2) is 23.9 Å². The summed E-state index contributed by atoms with van der Waals surface area (Å²) < 4.78 is 64.0. The molecule has 42 heavy (non-hydrogen) atoms. The summed E-state index contributed by atoms with van der Waals surface area (Å²) >= 11 is 9.13. The van der Waals surface area contributed by atoms with Crippen LogP contribution in [-0.2, 0) is 43.9 Å². The number of anilines is 1. The number of hydrogen-bond acceptors (Lipinski definition) is 15. The monoisotopic (exact) mass is 668 g/mol. The van der Waals surface area contributed by atoms with E-state index in [1.807, 2.05) is 0 Å². The molecule has 3 saturated heterocycles. The van der Waals surface area contributed by atoms with Crippen LogP contribution in [0.25, 0.3) is 11.2 Å². The van der Waals surface area contributed by atoms with Crippen molar-refractivity contribution in [2.75, 3.05) is 18.9 Å². The lowest BCUT2D eigenvalue weighted by Crippen LogP contribution is -2.37. The third-order valence-corrected chi connectivity index (χ3v) is 9.91. The van der Waals surface area contributed by atoms with Crippen LogP contribution < -0.4 is 11.5 Å². The maximum absolute atomic E-state index is 15.9. The number of carbonyl (C=O) groups excluding carboxylic acids is 1. The Morgan fingerprint density at radius 3 is 2.67 bits per heavy atom. The fourth-order valence-electron chi connectivity index (χ4n) is 4.81. The Morgan fingerprint density at radius 1 is 1.19 bits per heavy atom. The Morgan fingerprint density at radius 2 is 1.93 bits per heavy atom. The van der Waals surface area contributed by atoms with E-state index in [9.17, 15) is 19.4 Å². The summed E-state index contributed by atoms with van der Waals surface area (Å²) in [5.74, 6) is -0.772. The number of hydrogen-bond donors (Lipinski definition) is 6. The van der Waals surface area contributed by atoms with Crippen LogP contribution in [0.15, 0.2) is 18.7 Å². The summed E-state index contributed by atoms with van der Waals surface area (Å²) in [6.45, 7) is -9.67. The Balaban J connectivity index is 1.26. The van der Waals surface area contributed by atoms with Crippen molar-refractivity contribution in [3.8, 4) is 0 Å². The van der Waals surface area contributed by atoms with Gasteiger partial charge in [0, 0.05) is 0 Å². The van der Waals surface area contributed by atoms with Crippen LogP contribution in [0.3, 0.4) is 0 Å². The Bertz CT molecular complexity index is 1620. The number of amides is 1. The summed E-state index contributed by atoms with van der Waals surface area (Å²) in [5, 5.41) is 17.3. The minimum absolute atomic E-state index is 0.0590. The van der Waals surface area contributed by atoms with Gasteiger partial charge in [0.2, 0.25) is 0 Å². The van der Waals surface area contributed by atoms with E-state index in [1.165, 1.54) is 23.3 Å². The Kier molecular flexibility index (Phi) is 7.91. The van der Waals surface area contributed by atoms with E-state index in [2.05, 4.69) is 37.4 Å². The minimum atomic E-state index is -4.30. The molecule has 3 aromatic heterocycles. The number of ether oxygens (including phenoxy) is 2. The summed E-state index contributed by atoms with van der Waals surface area (Å²) in [5.41, 5.74) is 11.4. The van der Waals surface area contributed by atoms with Crippen LogP contribution >= 0.6 is 25.8 Å². The molecular weight excluding hydrogens is 645 g/mol. The average Bonchev–Trinajstić information content (AvgIpc) is 3.69. The molecule has 23 heteroatoms. The fourth-order valence-corrected chi connectivity index (χ4v) is 7.73. The lowest BCUT2D eigenvalue weighted by Gasteiger charge is -2.29. The van der Waals surface area contributed by atoms with E-state index in [-0.39, 0.29) is 28.4 Å². The highest BCUT2D eigenvalue weighted by Gasteiger charge is 2.53. The molecule has 7 N–H and O–H groups in total. The molecule has 3 aliphatic rings. The number of nitrogen functional groups attached to an aromatic ring is 1.